The summed E-state index contributed by atoms with van der Waals surface area (Å²) in [5.41, 5.74) is 0. The third-order valence-electron chi connectivity index (χ3n) is 0.837. The van der Waals surface area contributed by atoms with Gasteiger partial charge in [0, 0.05) is 0 Å². The van der Waals surface area contributed by atoms with E-state index in [9.17, 15) is 9.36 Å². The predicted molar refractivity (Wildman–Crippen MR) is 38.1 cm³/mol. The lowest BCUT2D eigenvalue weighted by Crippen LogP contribution is -2.08. The van der Waals surface area contributed by atoms with Gasteiger partial charge in [-0.15, -0.1) is 0 Å². The standard InChI is InChI=1S/C5H9O5P/c6-3-1-2-5(7)4-11(8,9)10/h1-3,5,7H,4H2,(H2,8,9,10)/b2-1+. The smallest absolute Gasteiger partial charge is 0.328 e. The van der Waals surface area contributed by atoms with Crippen LogP contribution < -0.4 is 0 Å². The summed E-state index contributed by atoms with van der Waals surface area (Å²) in [7, 11) is -4.18. The number of hydrogen-bond donors (Lipinski definition) is 3. The second-order valence-electron chi connectivity index (χ2n) is 1.94. The molecule has 0 saturated carbocycles. The first-order valence-electron chi connectivity index (χ1n) is 2.80. The van der Waals surface area contributed by atoms with Crippen molar-refractivity contribution in [2.75, 3.05) is 6.16 Å². The lowest BCUT2D eigenvalue weighted by molar-refractivity contribution is -0.104. The van der Waals surface area contributed by atoms with E-state index in [1.165, 1.54) is 0 Å². The van der Waals surface area contributed by atoms with Gasteiger partial charge in [-0.2, -0.15) is 0 Å². The van der Waals surface area contributed by atoms with Gasteiger partial charge < -0.3 is 14.9 Å². The molecule has 0 spiro atoms. The molecule has 0 radical (unpaired) electrons. The highest BCUT2D eigenvalue weighted by atomic mass is 31.2. The van der Waals surface area contributed by atoms with Crippen LogP contribution in [-0.2, 0) is 9.36 Å². The van der Waals surface area contributed by atoms with Gasteiger partial charge in [0.1, 0.15) is 6.29 Å². The zero-order chi connectivity index (χ0) is 8.91. The first-order valence-corrected chi connectivity index (χ1v) is 4.60. The second kappa shape index (κ2) is 4.41. The minimum absolute atomic E-state index is 0.420. The van der Waals surface area contributed by atoms with E-state index in [4.69, 9.17) is 14.9 Å². The molecule has 1 unspecified atom stereocenters. The maximum absolute atomic E-state index is 10.2. The van der Waals surface area contributed by atoms with Crippen LogP contribution in [0.2, 0.25) is 0 Å². The van der Waals surface area contributed by atoms with Crippen molar-refractivity contribution >= 4 is 13.9 Å². The lowest BCUT2D eigenvalue weighted by atomic mass is 10.4. The van der Waals surface area contributed by atoms with Crippen molar-refractivity contribution in [3.8, 4) is 0 Å². The second-order valence-corrected chi connectivity index (χ2v) is 3.63. The summed E-state index contributed by atoms with van der Waals surface area (Å²) in [6.07, 6.45) is 0.508. The monoisotopic (exact) mass is 180 g/mol. The van der Waals surface area contributed by atoms with E-state index < -0.39 is 19.9 Å². The van der Waals surface area contributed by atoms with E-state index in [0.717, 1.165) is 12.2 Å². The summed E-state index contributed by atoms with van der Waals surface area (Å²) in [6.45, 7) is 0. The molecule has 0 saturated heterocycles. The van der Waals surface area contributed by atoms with Gasteiger partial charge in [0.25, 0.3) is 0 Å². The zero-order valence-corrected chi connectivity index (χ0v) is 6.52. The molecule has 0 aliphatic heterocycles. The number of aliphatic hydroxyl groups excluding tert-OH is 1. The van der Waals surface area contributed by atoms with Gasteiger partial charge in [-0.05, 0) is 6.08 Å². The van der Waals surface area contributed by atoms with Crippen molar-refractivity contribution in [1.82, 2.24) is 0 Å². The van der Waals surface area contributed by atoms with Crippen molar-refractivity contribution in [3.05, 3.63) is 12.2 Å². The van der Waals surface area contributed by atoms with Gasteiger partial charge in [0.2, 0.25) is 0 Å². The Kier molecular flexibility index (Phi) is 4.22. The van der Waals surface area contributed by atoms with Crippen LogP contribution in [0.25, 0.3) is 0 Å². The van der Waals surface area contributed by atoms with E-state index in [1.807, 2.05) is 0 Å². The molecule has 0 aliphatic rings. The Morgan fingerprint density at radius 2 is 2.00 bits per heavy atom. The zero-order valence-electron chi connectivity index (χ0n) is 5.62. The molecule has 5 nitrogen and oxygen atoms in total. The Morgan fingerprint density at radius 1 is 1.45 bits per heavy atom. The number of aldehydes is 1. The summed E-state index contributed by atoms with van der Waals surface area (Å²) in [6, 6.07) is 0. The van der Waals surface area contributed by atoms with Gasteiger partial charge in [0.05, 0.1) is 12.3 Å². The highest BCUT2D eigenvalue weighted by Crippen LogP contribution is 2.34. The molecular formula is C5H9O5P. The highest BCUT2D eigenvalue weighted by Gasteiger charge is 2.16. The van der Waals surface area contributed by atoms with Crippen LogP contribution in [-0.4, -0.2) is 33.4 Å². The Morgan fingerprint density at radius 3 is 2.36 bits per heavy atom. The first kappa shape index (κ1) is 10.5. The number of hydrogen-bond acceptors (Lipinski definition) is 3. The van der Waals surface area contributed by atoms with E-state index >= 15 is 0 Å². The highest BCUT2D eigenvalue weighted by molar-refractivity contribution is 7.51. The Hall–Kier alpha value is -0.480. The number of allylic oxidation sites excluding steroid dienone is 1. The van der Waals surface area contributed by atoms with Gasteiger partial charge in [-0.25, -0.2) is 0 Å². The molecular weight excluding hydrogens is 171 g/mol. The molecule has 0 amide bonds. The van der Waals surface area contributed by atoms with Crippen molar-refractivity contribution in [1.29, 1.82) is 0 Å². The summed E-state index contributed by atoms with van der Waals surface area (Å²) in [4.78, 5) is 26.3. The summed E-state index contributed by atoms with van der Waals surface area (Å²) < 4.78 is 10.2. The maximum atomic E-state index is 10.2. The average molecular weight is 180 g/mol. The lowest BCUT2D eigenvalue weighted by Gasteiger charge is -2.05. The summed E-state index contributed by atoms with van der Waals surface area (Å²) in [5, 5.41) is 8.78. The fourth-order valence-electron chi connectivity index (χ4n) is 0.478. The molecule has 0 aromatic carbocycles. The van der Waals surface area contributed by atoms with E-state index in [0.29, 0.717) is 6.29 Å². The molecule has 0 aliphatic carbocycles. The van der Waals surface area contributed by atoms with Gasteiger partial charge in [0.15, 0.2) is 0 Å². The molecule has 0 fully saturated rings. The molecule has 6 heteroatoms. The fraction of sp³-hybridized carbons (Fsp3) is 0.400. The number of carbonyl (C=O) groups is 1. The molecule has 0 bridgehead atoms. The minimum Gasteiger partial charge on any atom is -0.388 e. The Balaban J connectivity index is 3.88. The number of rotatable bonds is 4. The van der Waals surface area contributed by atoms with Gasteiger partial charge >= 0.3 is 7.60 Å². The van der Waals surface area contributed by atoms with Crippen LogP contribution in [0.4, 0.5) is 0 Å². The molecule has 0 aromatic rings. The summed E-state index contributed by atoms with van der Waals surface area (Å²) >= 11 is 0. The van der Waals surface area contributed by atoms with Crippen LogP contribution >= 0.6 is 7.60 Å². The third-order valence-corrected chi connectivity index (χ3v) is 1.69. The average Bonchev–Trinajstić information content (AvgIpc) is 1.79. The van der Waals surface area contributed by atoms with Crippen LogP contribution in [0.15, 0.2) is 12.2 Å². The quantitative estimate of drug-likeness (QED) is 0.301. The van der Waals surface area contributed by atoms with E-state index in [1.54, 1.807) is 0 Å². The molecule has 0 aromatic heterocycles. The SMILES string of the molecule is O=C/C=C/C(O)CP(=O)(O)O. The molecule has 1 atom stereocenters. The first-order chi connectivity index (χ1) is 4.95. The Bertz CT molecular complexity index is 193. The van der Waals surface area contributed by atoms with E-state index in [2.05, 4.69) is 0 Å². The van der Waals surface area contributed by atoms with Gasteiger partial charge in [-0.3, -0.25) is 9.36 Å². The number of aliphatic hydroxyl groups is 1. The van der Waals surface area contributed by atoms with Crippen LogP contribution in [0.5, 0.6) is 0 Å². The van der Waals surface area contributed by atoms with Crippen molar-refractivity contribution in [3.63, 3.8) is 0 Å². The van der Waals surface area contributed by atoms with E-state index in [-0.39, 0.29) is 0 Å². The third kappa shape index (κ3) is 7.42. The minimum atomic E-state index is -4.18. The fourth-order valence-corrected chi connectivity index (χ4v) is 1.09. The van der Waals surface area contributed by atoms with Crippen LogP contribution in [0.1, 0.15) is 0 Å². The summed E-state index contributed by atoms with van der Waals surface area (Å²) in [5.74, 6) is 0. The predicted octanol–water partition coefficient (Wildman–Crippen LogP) is -0.720. The van der Waals surface area contributed by atoms with Crippen LogP contribution in [0, 0.1) is 0 Å². The molecule has 11 heavy (non-hydrogen) atoms. The van der Waals surface area contributed by atoms with Crippen molar-refractivity contribution in [2.24, 2.45) is 0 Å². The maximum Gasteiger partial charge on any atom is 0.328 e. The molecule has 64 valence electrons. The van der Waals surface area contributed by atoms with Gasteiger partial charge in [-0.1, -0.05) is 6.08 Å². The molecule has 3 N–H and O–H groups in total. The normalized spacial score (nSPS) is 15.2. The number of carbonyl (C=O) groups excluding carboxylic acids is 1. The topological polar surface area (TPSA) is 94.8 Å². The Labute approximate surface area is 63.5 Å². The van der Waals surface area contributed by atoms with Crippen molar-refractivity contribution in [2.45, 2.75) is 6.10 Å². The molecule has 0 heterocycles. The largest absolute Gasteiger partial charge is 0.388 e. The van der Waals surface area contributed by atoms with Crippen molar-refractivity contribution < 1.29 is 24.3 Å². The van der Waals surface area contributed by atoms with Crippen LogP contribution in [0.3, 0.4) is 0 Å². The molecule has 0 rings (SSSR count).